The molecule has 1 aliphatic rings. The lowest BCUT2D eigenvalue weighted by molar-refractivity contribution is 0.102. The summed E-state index contributed by atoms with van der Waals surface area (Å²) in [4.78, 5) is 13.6. The number of allylic oxidation sites excluding steroid dienone is 5. The number of halogens is 2. The van der Waals surface area contributed by atoms with Gasteiger partial charge in [0.1, 0.15) is 11.6 Å². The Morgan fingerprint density at radius 3 is 2.81 bits per heavy atom. The van der Waals surface area contributed by atoms with Gasteiger partial charge in [-0.1, -0.05) is 54.3 Å². The maximum absolute atomic E-state index is 13.6. The fourth-order valence-electron chi connectivity index (χ4n) is 4.15. The molecule has 0 aliphatic carbocycles. The lowest BCUT2D eigenvalue weighted by Crippen LogP contribution is -2.29. The third-order valence-corrected chi connectivity index (χ3v) is 7.16. The van der Waals surface area contributed by atoms with Crippen molar-refractivity contribution in [3.05, 3.63) is 94.1 Å². The van der Waals surface area contributed by atoms with Gasteiger partial charge in [-0.05, 0) is 76.0 Å². The number of nitrogens with two attached hydrogens (primary N) is 1. The molecule has 1 aliphatic heterocycles. The molecule has 42 heavy (non-hydrogen) atoms. The van der Waals surface area contributed by atoms with Crippen LogP contribution < -0.4 is 25.8 Å². The Morgan fingerprint density at radius 2 is 2.10 bits per heavy atom. The molecule has 0 fully saturated rings. The highest BCUT2D eigenvalue weighted by Crippen LogP contribution is 2.22. The number of Topliss-reactive ketones (excluding diaryl/α,β-unsaturated/α-hetero) is 1. The van der Waals surface area contributed by atoms with Gasteiger partial charge in [0.25, 0.3) is 0 Å². The van der Waals surface area contributed by atoms with Crippen molar-refractivity contribution >= 4 is 41.3 Å². The summed E-state index contributed by atoms with van der Waals surface area (Å²) in [6.07, 6.45) is 12.7. The number of rotatable bonds is 13. The number of ether oxygens (including phenoxy) is 1. The van der Waals surface area contributed by atoms with E-state index in [4.69, 9.17) is 22.1 Å². The van der Waals surface area contributed by atoms with Gasteiger partial charge in [0.05, 0.1) is 24.1 Å². The third kappa shape index (κ3) is 10.0. The van der Waals surface area contributed by atoms with Gasteiger partial charge in [0.15, 0.2) is 6.23 Å². The Bertz CT molecular complexity index is 1380. The van der Waals surface area contributed by atoms with E-state index in [2.05, 4.69) is 26.5 Å². The van der Waals surface area contributed by atoms with Crippen LogP contribution in [-0.2, 0) is 0 Å². The number of carbonyl (C=O) groups excluding carboxylic acids is 1. The fourth-order valence-corrected chi connectivity index (χ4v) is 5.07. The van der Waals surface area contributed by atoms with Gasteiger partial charge in [-0.3, -0.25) is 9.18 Å². The number of benzene rings is 1. The van der Waals surface area contributed by atoms with E-state index in [1.807, 2.05) is 65.0 Å². The molecule has 226 valence electrons. The predicted molar refractivity (Wildman–Crippen MR) is 173 cm³/mol. The normalized spacial score (nSPS) is 21.6. The molecular weight excluding hydrogens is 575 g/mol. The number of carbonyl (C=O) groups is 1. The van der Waals surface area contributed by atoms with Crippen molar-refractivity contribution < 1.29 is 13.9 Å². The SMILES string of the molecule is CC(C)=CC(N/C=C/n1ncc(C(=O)/C2=C/C(C)/C=C(C)\C(NSCCCF)=C/C(C)N2)c1N)Oc1cccc(Cl)c1. The largest absolute Gasteiger partial charge is 0.467 e. The maximum Gasteiger partial charge on any atom is 0.213 e. The van der Waals surface area contributed by atoms with E-state index in [1.54, 1.807) is 24.5 Å². The molecule has 0 radical (unpaired) electrons. The number of ketones is 1. The van der Waals surface area contributed by atoms with Crippen LogP contribution in [0.4, 0.5) is 10.2 Å². The highest BCUT2D eigenvalue weighted by atomic mass is 35.5. The minimum atomic E-state index is -0.468. The third-order valence-electron chi connectivity index (χ3n) is 6.07. The lowest BCUT2D eigenvalue weighted by atomic mass is 10.0. The summed E-state index contributed by atoms with van der Waals surface area (Å²) in [5.74, 6) is 1.21. The van der Waals surface area contributed by atoms with Crippen LogP contribution in [0.3, 0.4) is 0 Å². The van der Waals surface area contributed by atoms with Crippen LogP contribution in [0.1, 0.15) is 51.4 Å². The van der Waals surface area contributed by atoms with E-state index in [-0.39, 0.29) is 35.8 Å². The van der Waals surface area contributed by atoms with E-state index in [0.717, 1.165) is 16.8 Å². The second kappa shape index (κ2) is 16.1. The maximum atomic E-state index is 13.6. The number of alkyl halides is 1. The Morgan fingerprint density at radius 1 is 1.31 bits per heavy atom. The number of anilines is 1. The van der Waals surface area contributed by atoms with E-state index >= 15 is 0 Å². The molecule has 8 nitrogen and oxygen atoms in total. The smallest absolute Gasteiger partial charge is 0.213 e. The van der Waals surface area contributed by atoms with Gasteiger partial charge >= 0.3 is 0 Å². The summed E-state index contributed by atoms with van der Waals surface area (Å²) in [6.45, 7) is 9.61. The van der Waals surface area contributed by atoms with Gasteiger partial charge in [0, 0.05) is 34.9 Å². The number of hydrogen-bond acceptors (Lipinski definition) is 8. The Kier molecular flexibility index (Phi) is 12.6. The average Bonchev–Trinajstić information content (AvgIpc) is 3.30. The number of hydrogen-bond donors (Lipinski definition) is 4. The molecule has 1 aromatic carbocycles. The van der Waals surface area contributed by atoms with E-state index in [1.165, 1.54) is 22.8 Å². The topological polar surface area (TPSA) is 106 Å². The Labute approximate surface area is 257 Å². The molecule has 11 heteroatoms. The van der Waals surface area contributed by atoms with Crippen LogP contribution in [0, 0.1) is 5.92 Å². The van der Waals surface area contributed by atoms with Crippen LogP contribution in [0.25, 0.3) is 6.20 Å². The molecule has 2 aromatic rings. The van der Waals surface area contributed by atoms with Crippen LogP contribution >= 0.6 is 23.5 Å². The van der Waals surface area contributed by atoms with E-state index in [9.17, 15) is 9.18 Å². The first-order valence-electron chi connectivity index (χ1n) is 13.8. The van der Waals surface area contributed by atoms with Crippen molar-refractivity contribution in [3.8, 4) is 5.75 Å². The Hall–Kier alpha value is -3.63. The summed E-state index contributed by atoms with van der Waals surface area (Å²) < 4.78 is 23.2. The summed E-state index contributed by atoms with van der Waals surface area (Å²) in [5.41, 5.74) is 10.1. The minimum Gasteiger partial charge on any atom is -0.467 e. The zero-order valence-corrected chi connectivity index (χ0v) is 26.2. The second-order valence-corrected chi connectivity index (χ2v) is 11.6. The molecule has 0 saturated heterocycles. The number of nitrogen functional groups attached to an aromatic ring is 1. The van der Waals surface area contributed by atoms with Gasteiger partial charge in [-0.15, -0.1) is 0 Å². The molecule has 5 N–H and O–H groups in total. The highest BCUT2D eigenvalue weighted by molar-refractivity contribution is 7.97. The first kappa shape index (κ1) is 32.9. The zero-order chi connectivity index (χ0) is 30.6. The van der Waals surface area contributed by atoms with Crippen molar-refractivity contribution in [1.29, 1.82) is 0 Å². The van der Waals surface area contributed by atoms with Crippen molar-refractivity contribution in [2.24, 2.45) is 5.92 Å². The molecule has 3 atom stereocenters. The molecule has 0 spiro atoms. The molecule has 0 saturated carbocycles. The number of aromatic nitrogens is 2. The van der Waals surface area contributed by atoms with Gasteiger partial charge in [-0.2, -0.15) is 5.10 Å². The molecule has 3 unspecified atom stereocenters. The molecular formula is C31H40ClFN6O2S. The Balaban J connectivity index is 1.74. The summed E-state index contributed by atoms with van der Waals surface area (Å²) >= 11 is 7.56. The standard InChI is InChI=1S/C31H40ClFN6O2S/c1-20(2)14-29(41-25-9-6-8-24(32)18-25)35-11-12-39-31(34)26(19-36-39)30(40)28-16-21(3)15-22(4)27(17-23(5)37-28)38-42-13-7-10-33/h6,8-9,11-12,14-19,21,23,29,35,37-38H,7,10,13,34H2,1-5H3/b12-11+,22-15-,27-17+,28-16-. The molecule has 3 rings (SSSR count). The number of nitrogens with one attached hydrogen (secondary N) is 3. The van der Waals surface area contributed by atoms with Gasteiger partial charge in [-0.25, -0.2) is 4.68 Å². The van der Waals surface area contributed by atoms with Crippen LogP contribution in [-0.4, -0.2) is 40.3 Å². The van der Waals surface area contributed by atoms with Crippen LogP contribution in [0.15, 0.2) is 83.5 Å². The number of nitrogens with zero attached hydrogens (tertiary/aromatic N) is 2. The molecule has 2 heterocycles. The van der Waals surface area contributed by atoms with Crippen molar-refractivity contribution in [3.63, 3.8) is 0 Å². The second-order valence-electron chi connectivity index (χ2n) is 10.2. The van der Waals surface area contributed by atoms with Crippen molar-refractivity contribution in [2.75, 3.05) is 18.2 Å². The highest BCUT2D eigenvalue weighted by Gasteiger charge is 2.21. The first-order chi connectivity index (χ1) is 20.1. The minimum absolute atomic E-state index is 0.0327. The van der Waals surface area contributed by atoms with Gasteiger partial charge < -0.3 is 25.8 Å². The summed E-state index contributed by atoms with van der Waals surface area (Å²) in [7, 11) is 0. The summed E-state index contributed by atoms with van der Waals surface area (Å²) in [6, 6.07) is 7.00. The van der Waals surface area contributed by atoms with E-state index < -0.39 is 6.23 Å². The van der Waals surface area contributed by atoms with Crippen LogP contribution in [0.2, 0.25) is 5.02 Å². The quantitative estimate of drug-likeness (QED) is 0.0655. The summed E-state index contributed by atoms with van der Waals surface area (Å²) in [5, 5.41) is 11.4. The fraction of sp³-hybridized carbons (Fsp3) is 0.355. The van der Waals surface area contributed by atoms with Crippen LogP contribution in [0.5, 0.6) is 5.75 Å². The van der Waals surface area contributed by atoms with Crippen molar-refractivity contribution in [1.82, 2.24) is 25.1 Å². The molecule has 0 amide bonds. The molecule has 0 bridgehead atoms. The molecule has 1 aromatic heterocycles. The van der Waals surface area contributed by atoms with Gasteiger partial charge in [0.2, 0.25) is 5.78 Å². The lowest BCUT2D eigenvalue weighted by Gasteiger charge is -2.17. The first-order valence-corrected chi connectivity index (χ1v) is 15.1. The van der Waals surface area contributed by atoms with Crippen molar-refractivity contribution in [2.45, 2.75) is 53.3 Å². The zero-order valence-electron chi connectivity index (χ0n) is 24.7. The monoisotopic (exact) mass is 614 g/mol. The average molecular weight is 615 g/mol. The van der Waals surface area contributed by atoms with E-state index in [0.29, 0.717) is 28.6 Å². The predicted octanol–water partition coefficient (Wildman–Crippen LogP) is 6.63.